The van der Waals surface area contributed by atoms with E-state index in [9.17, 15) is 14.4 Å². The quantitative estimate of drug-likeness (QED) is 0.627. The molecule has 0 radical (unpaired) electrons. The van der Waals surface area contributed by atoms with E-state index in [0.717, 1.165) is 0 Å². The summed E-state index contributed by atoms with van der Waals surface area (Å²) >= 11 is 0. The molecule has 0 saturated carbocycles. The molecular formula is C12H19N3O5. The van der Waals surface area contributed by atoms with Crippen molar-refractivity contribution in [2.45, 2.75) is 12.5 Å². The van der Waals surface area contributed by atoms with Crippen LogP contribution in [0.3, 0.4) is 0 Å². The van der Waals surface area contributed by atoms with Crippen LogP contribution in [-0.2, 0) is 19.1 Å². The van der Waals surface area contributed by atoms with Crippen molar-refractivity contribution in [2.75, 3.05) is 45.9 Å². The van der Waals surface area contributed by atoms with Crippen LogP contribution >= 0.6 is 0 Å². The lowest BCUT2D eigenvalue weighted by Gasteiger charge is -2.35. The normalized spacial score (nSPS) is 24.3. The third-order valence-corrected chi connectivity index (χ3v) is 3.51. The molecule has 8 heteroatoms. The molecule has 8 nitrogen and oxygen atoms in total. The number of rotatable bonds is 4. The summed E-state index contributed by atoms with van der Waals surface area (Å²) in [4.78, 5) is 38.1. The van der Waals surface area contributed by atoms with Gasteiger partial charge >= 0.3 is 5.97 Å². The fourth-order valence-corrected chi connectivity index (χ4v) is 2.43. The Balaban J connectivity index is 1.95. The number of ether oxygens (including phenoxy) is 1. The van der Waals surface area contributed by atoms with Gasteiger partial charge in [-0.05, 0) is 0 Å². The second-order valence-corrected chi connectivity index (χ2v) is 4.87. The summed E-state index contributed by atoms with van der Waals surface area (Å²) in [5, 5.41) is 11.5. The number of nitrogens with one attached hydrogen (secondary N) is 1. The first kappa shape index (κ1) is 14.7. The number of carbonyl (C=O) groups is 3. The summed E-state index contributed by atoms with van der Waals surface area (Å²) < 4.78 is 5.18. The molecule has 1 atom stereocenters. The van der Waals surface area contributed by atoms with E-state index >= 15 is 0 Å². The smallest absolute Gasteiger partial charge is 0.305 e. The fraction of sp³-hybridized carbons (Fsp3) is 0.750. The number of carboxylic acid groups (broad SMARTS) is 1. The van der Waals surface area contributed by atoms with Crippen LogP contribution in [0.15, 0.2) is 0 Å². The molecule has 1 unspecified atom stereocenters. The highest BCUT2D eigenvalue weighted by molar-refractivity contribution is 5.88. The van der Waals surface area contributed by atoms with Gasteiger partial charge in [-0.15, -0.1) is 0 Å². The summed E-state index contributed by atoms with van der Waals surface area (Å²) in [5.41, 5.74) is 0. The number of carboxylic acids is 1. The second kappa shape index (κ2) is 6.67. The van der Waals surface area contributed by atoms with Gasteiger partial charge < -0.3 is 20.1 Å². The van der Waals surface area contributed by atoms with Crippen LogP contribution < -0.4 is 5.32 Å². The van der Waals surface area contributed by atoms with E-state index in [2.05, 4.69) is 5.32 Å². The lowest BCUT2D eigenvalue weighted by atomic mass is 10.1. The third kappa shape index (κ3) is 3.67. The molecule has 2 aliphatic heterocycles. The Morgan fingerprint density at radius 3 is 2.65 bits per heavy atom. The monoisotopic (exact) mass is 285 g/mol. The van der Waals surface area contributed by atoms with Crippen LogP contribution in [0.25, 0.3) is 0 Å². The summed E-state index contributed by atoms with van der Waals surface area (Å²) in [5.74, 6) is -1.46. The van der Waals surface area contributed by atoms with Crippen molar-refractivity contribution >= 4 is 17.8 Å². The topological polar surface area (TPSA) is 99.2 Å². The highest BCUT2D eigenvalue weighted by Crippen LogP contribution is 2.10. The van der Waals surface area contributed by atoms with Crippen molar-refractivity contribution in [3.63, 3.8) is 0 Å². The third-order valence-electron chi connectivity index (χ3n) is 3.51. The number of hydrogen-bond acceptors (Lipinski definition) is 5. The van der Waals surface area contributed by atoms with Gasteiger partial charge in [-0.2, -0.15) is 0 Å². The zero-order chi connectivity index (χ0) is 14.5. The molecule has 0 aromatic heterocycles. The van der Waals surface area contributed by atoms with Gasteiger partial charge in [-0.3, -0.25) is 19.3 Å². The molecule has 2 amide bonds. The van der Waals surface area contributed by atoms with Crippen molar-refractivity contribution in [3.8, 4) is 0 Å². The maximum absolute atomic E-state index is 12.2. The molecule has 0 bridgehead atoms. The first-order chi connectivity index (χ1) is 9.58. The van der Waals surface area contributed by atoms with E-state index < -0.39 is 12.0 Å². The van der Waals surface area contributed by atoms with Crippen LogP contribution in [0.1, 0.15) is 6.42 Å². The Morgan fingerprint density at radius 2 is 2.00 bits per heavy atom. The van der Waals surface area contributed by atoms with Gasteiger partial charge in [0, 0.05) is 26.2 Å². The SMILES string of the molecule is O=C(O)CC1C(=O)NCCN1CC(=O)N1CCOCC1. The predicted molar refractivity (Wildman–Crippen MR) is 68.0 cm³/mol. The lowest BCUT2D eigenvalue weighted by Crippen LogP contribution is -2.58. The standard InChI is InChI=1S/C12H19N3O5/c16-10(14-3-5-20-6-4-14)8-15-2-1-13-12(19)9(15)7-11(17)18/h9H,1-8H2,(H,13,19)(H,17,18). The maximum atomic E-state index is 12.2. The molecule has 2 fully saturated rings. The number of amides is 2. The van der Waals surface area contributed by atoms with Crippen LogP contribution in [0.2, 0.25) is 0 Å². The van der Waals surface area contributed by atoms with E-state index in [-0.39, 0.29) is 24.8 Å². The van der Waals surface area contributed by atoms with Crippen molar-refractivity contribution in [1.29, 1.82) is 0 Å². The average Bonchev–Trinajstić information content (AvgIpc) is 2.43. The minimum atomic E-state index is -1.05. The predicted octanol–water partition coefficient (Wildman–Crippen LogP) is -1.88. The molecule has 112 valence electrons. The lowest BCUT2D eigenvalue weighted by molar-refractivity contribution is -0.146. The Kier molecular flexibility index (Phi) is 4.91. The zero-order valence-electron chi connectivity index (χ0n) is 11.2. The first-order valence-corrected chi connectivity index (χ1v) is 6.67. The maximum Gasteiger partial charge on any atom is 0.305 e. The van der Waals surface area contributed by atoms with E-state index in [1.165, 1.54) is 0 Å². The molecule has 2 aliphatic rings. The number of hydrogen-bond donors (Lipinski definition) is 2. The van der Waals surface area contributed by atoms with Crippen molar-refractivity contribution in [2.24, 2.45) is 0 Å². The van der Waals surface area contributed by atoms with E-state index in [1.54, 1.807) is 9.80 Å². The molecule has 20 heavy (non-hydrogen) atoms. The first-order valence-electron chi connectivity index (χ1n) is 6.67. The molecular weight excluding hydrogens is 266 g/mol. The van der Waals surface area contributed by atoms with E-state index in [1.807, 2.05) is 0 Å². The van der Waals surface area contributed by atoms with Crippen molar-refractivity contribution < 1.29 is 24.2 Å². The largest absolute Gasteiger partial charge is 0.481 e. The summed E-state index contributed by atoms with van der Waals surface area (Å²) in [6, 6.07) is -0.772. The minimum absolute atomic E-state index is 0.0748. The highest BCUT2D eigenvalue weighted by Gasteiger charge is 2.33. The zero-order valence-corrected chi connectivity index (χ0v) is 11.2. The molecule has 2 heterocycles. The van der Waals surface area contributed by atoms with Gasteiger partial charge in [-0.25, -0.2) is 0 Å². The van der Waals surface area contributed by atoms with Crippen LogP contribution in [0.4, 0.5) is 0 Å². The summed E-state index contributed by atoms with van der Waals surface area (Å²) in [7, 11) is 0. The van der Waals surface area contributed by atoms with Crippen LogP contribution in [0.5, 0.6) is 0 Å². The van der Waals surface area contributed by atoms with Gasteiger partial charge in [0.2, 0.25) is 11.8 Å². The van der Waals surface area contributed by atoms with Gasteiger partial charge in [0.25, 0.3) is 0 Å². The van der Waals surface area contributed by atoms with Crippen LogP contribution in [0, 0.1) is 0 Å². The van der Waals surface area contributed by atoms with Gasteiger partial charge in [0.15, 0.2) is 0 Å². The molecule has 0 spiro atoms. The summed E-state index contributed by atoms with van der Waals surface area (Å²) in [6.45, 7) is 3.12. The minimum Gasteiger partial charge on any atom is -0.481 e. The molecule has 0 aromatic carbocycles. The molecule has 2 saturated heterocycles. The second-order valence-electron chi connectivity index (χ2n) is 4.87. The number of piperazine rings is 1. The number of morpholine rings is 1. The number of carbonyl (C=O) groups excluding carboxylic acids is 2. The van der Waals surface area contributed by atoms with Crippen molar-refractivity contribution in [3.05, 3.63) is 0 Å². The Morgan fingerprint density at radius 1 is 1.30 bits per heavy atom. The van der Waals surface area contributed by atoms with E-state index in [4.69, 9.17) is 9.84 Å². The Hall–Kier alpha value is -1.67. The van der Waals surface area contributed by atoms with Crippen molar-refractivity contribution in [1.82, 2.24) is 15.1 Å². The van der Waals surface area contributed by atoms with Crippen LogP contribution in [-0.4, -0.2) is 84.7 Å². The molecule has 0 aromatic rings. The Labute approximate surface area is 116 Å². The van der Waals surface area contributed by atoms with Gasteiger partial charge in [0.1, 0.15) is 6.04 Å². The van der Waals surface area contributed by atoms with Gasteiger partial charge in [-0.1, -0.05) is 0 Å². The van der Waals surface area contributed by atoms with Gasteiger partial charge in [0.05, 0.1) is 26.2 Å². The Bertz CT molecular complexity index is 395. The number of nitrogens with zero attached hydrogens (tertiary/aromatic N) is 2. The molecule has 2 N–H and O–H groups in total. The molecule has 2 rings (SSSR count). The number of aliphatic carboxylic acids is 1. The molecule has 0 aliphatic carbocycles. The summed E-state index contributed by atoms with van der Waals surface area (Å²) in [6.07, 6.45) is -0.289. The highest BCUT2D eigenvalue weighted by atomic mass is 16.5. The fourth-order valence-electron chi connectivity index (χ4n) is 2.43. The van der Waals surface area contributed by atoms with E-state index in [0.29, 0.717) is 39.4 Å². The average molecular weight is 285 g/mol.